The number of carbonyl (C=O) groups excluding carboxylic acids is 1. The van der Waals surface area contributed by atoms with Gasteiger partial charge in [-0.1, -0.05) is 47.3 Å². The van der Waals surface area contributed by atoms with E-state index in [4.69, 9.17) is 0 Å². The van der Waals surface area contributed by atoms with Crippen molar-refractivity contribution in [3.8, 4) is 0 Å². The van der Waals surface area contributed by atoms with Gasteiger partial charge < -0.3 is 15.7 Å². The lowest BCUT2D eigenvalue weighted by Gasteiger charge is -2.37. The van der Waals surface area contributed by atoms with Crippen molar-refractivity contribution < 1.29 is 9.90 Å². The van der Waals surface area contributed by atoms with E-state index in [1.807, 2.05) is 12.1 Å². The summed E-state index contributed by atoms with van der Waals surface area (Å²) < 4.78 is 1.02. The maximum atomic E-state index is 13.1. The lowest BCUT2D eigenvalue weighted by Crippen LogP contribution is -2.48. The largest absolute Gasteiger partial charge is 0.391 e. The van der Waals surface area contributed by atoms with Gasteiger partial charge in [0.25, 0.3) is 0 Å². The van der Waals surface area contributed by atoms with Crippen molar-refractivity contribution in [2.24, 2.45) is 5.92 Å². The highest BCUT2D eigenvalue weighted by atomic mass is 79.9. The van der Waals surface area contributed by atoms with E-state index < -0.39 is 5.41 Å². The van der Waals surface area contributed by atoms with Crippen LogP contribution >= 0.6 is 15.9 Å². The molecular weight excluding hydrogens is 356 g/mol. The van der Waals surface area contributed by atoms with Gasteiger partial charge in [0.15, 0.2) is 0 Å². The molecule has 1 saturated carbocycles. The van der Waals surface area contributed by atoms with Gasteiger partial charge in [-0.3, -0.25) is 4.79 Å². The number of aliphatic hydroxyl groups is 1. The van der Waals surface area contributed by atoms with Crippen LogP contribution in [0.4, 0.5) is 0 Å². The van der Waals surface area contributed by atoms with Crippen molar-refractivity contribution in [3.63, 3.8) is 0 Å². The van der Waals surface area contributed by atoms with Crippen LogP contribution in [-0.2, 0) is 10.2 Å². The maximum Gasteiger partial charge on any atom is 0.230 e. The molecule has 23 heavy (non-hydrogen) atoms. The summed E-state index contributed by atoms with van der Waals surface area (Å²) in [4.78, 5) is 13.1. The van der Waals surface area contributed by atoms with E-state index in [2.05, 4.69) is 38.7 Å². The lowest BCUT2D eigenvalue weighted by molar-refractivity contribution is -0.128. The Hall–Kier alpha value is -0.910. The second-order valence-corrected chi connectivity index (χ2v) is 7.76. The smallest absolute Gasteiger partial charge is 0.230 e. The minimum atomic E-state index is -0.418. The van der Waals surface area contributed by atoms with Gasteiger partial charge in [-0.05, 0) is 30.5 Å². The first-order chi connectivity index (χ1) is 11.1. The summed E-state index contributed by atoms with van der Waals surface area (Å²) in [6.07, 6.45) is 4.83. The lowest BCUT2D eigenvalue weighted by atomic mass is 9.68. The Bertz CT molecular complexity index is 558. The molecule has 3 rings (SSSR count). The second-order valence-electron chi connectivity index (χ2n) is 6.85. The molecule has 1 heterocycles. The minimum absolute atomic E-state index is 0.113. The Morgan fingerprint density at radius 3 is 2.74 bits per heavy atom. The Morgan fingerprint density at radius 2 is 2.09 bits per heavy atom. The van der Waals surface area contributed by atoms with Gasteiger partial charge in [-0.2, -0.15) is 0 Å². The van der Waals surface area contributed by atoms with Crippen LogP contribution in [0.25, 0.3) is 0 Å². The summed E-state index contributed by atoms with van der Waals surface area (Å²) in [7, 11) is 0. The number of nitrogens with one attached hydrogen (secondary N) is 2. The first-order valence-electron chi connectivity index (χ1n) is 8.55. The fourth-order valence-corrected chi connectivity index (χ4v) is 4.31. The zero-order valence-electron chi connectivity index (χ0n) is 13.4. The second kappa shape index (κ2) is 7.32. The number of amides is 1. The molecule has 2 aliphatic rings. The van der Waals surface area contributed by atoms with Gasteiger partial charge in [0.05, 0.1) is 11.5 Å². The van der Waals surface area contributed by atoms with Gasteiger partial charge >= 0.3 is 0 Å². The summed E-state index contributed by atoms with van der Waals surface area (Å²) in [5, 5.41) is 16.2. The molecule has 2 fully saturated rings. The number of benzene rings is 1. The Kier molecular flexibility index (Phi) is 5.39. The van der Waals surface area contributed by atoms with E-state index in [0.29, 0.717) is 13.1 Å². The van der Waals surface area contributed by atoms with E-state index in [-0.39, 0.29) is 17.9 Å². The topological polar surface area (TPSA) is 61.4 Å². The number of hydrogen-bond acceptors (Lipinski definition) is 3. The average molecular weight is 381 g/mol. The molecule has 2 atom stereocenters. The normalized spacial score (nSPS) is 26.9. The van der Waals surface area contributed by atoms with E-state index in [1.165, 1.54) is 6.42 Å². The number of aliphatic hydroxyl groups excluding tert-OH is 1. The average Bonchev–Trinajstić information content (AvgIpc) is 2.98. The summed E-state index contributed by atoms with van der Waals surface area (Å²) >= 11 is 3.53. The standard InChI is InChI=1S/C18H25BrN2O2/c19-15-6-4-5-14(9-15)18(7-2-1-3-8-18)17(23)21-11-13-10-20-12-16(13)22/h4-6,9,13,16,20,22H,1-3,7-8,10-12H2,(H,21,23). The SMILES string of the molecule is O=C(NCC1CNCC1O)C1(c2cccc(Br)c2)CCCCC1. The first-order valence-corrected chi connectivity index (χ1v) is 9.34. The molecule has 1 saturated heterocycles. The molecule has 0 radical (unpaired) electrons. The third-order valence-corrected chi connectivity index (χ3v) is 5.84. The summed E-state index contributed by atoms with van der Waals surface area (Å²) in [5.74, 6) is 0.233. The molecule has 2 unspecified atom stereocenters. The summed E-state index contributed by atoms with van der Waals surface area (Å²) in [5.41, 5.74) is 0.688. The van der Waals surface area contributed by atoms with Crippen LogP contribution < -0.4 is 10.6 Å². The van der Waals surface area contributed by atoms with Crippen molar-refractivity contribution in [2.75, 3.05) is 19.6 Å². The van der Waals surface area contributed by atoms with Crippen molar-refractivity contribution in [1.29, 1.82) is 0 Å². The molecule has 1 aliphatic heterocycles. The molecule has 3 N–H and O–H groups in total. The van der Waals surface area contributed by atoms with Crippen molar-refractivity contribution in [2.45, 2.75) is 43.6 Å². The Morgan fingerprint density at radius 1 is 1.30 bits per heavy atom. The number of hydrogen-bond donors (Lipinski definition) is 3. The van der Waals surface area contributed by atoms with Crippen LogP contribution in [0.5, 0.6) is 0 Å². The highest BCUT2D eigenvalue weighted by Gasteiger charge is 2.41. The molecule has 1 aromatic rings. The molecule has 4 nitrogen and oxygen atoms in total. The third kappa shape index (κ3) is 3.62. The van der Waals surface area contributed by atoms with Crippen LogP contribution in [0.15, 0.2) is 28.7 Å². The Labute approximate surface area is 146 Å². The zero-order valence-corrected chi connectivity index (χ0v) is 14.9. The fourth-order valence-electron chi connectivity index (χ4n) is 3.91. The van der Waals surface area contributed by atoms with Crippen LogP contribution in [0.1, 0.15) is 37.7 Å². The predicted octanol–water partition coefficient (Wildman–Crippen LogP) is 2.35. The third-order valence-electron chi connectivity index (χ3n) is 5.35. The van der Waals surface area contributed by atoms with E-state index in [9.17, 15) is 9.90 Å². The monoisotopic (exact) mass is 380 g/mol. The number of β-amino-alcohol motifs (C(OH)–C–C–N with tert-alkyl or cyclic N) is 1. The molecule has 1 aromatic carbocycles. The molecule has 0 spiro atoms. The Balaban J connectivity index is 1.76. The van der Waals surface area contributed by atoms with E-state index in [1.54, 1.807) is 0 Å². The minimum Gasteiger partial charge on any atom is -0.391 e. The summed E-state index contributed by atoms with van der Waals surface area (Å²) in [6.45, 7) is 1.94. The van der Waals surface area contributed by atoms with Gasteiger partial charge in [0.2, 0.25) is 5.91 Å². The van der Waals surface area contributed by atoms with E-state index in [0.717, 1.165) is 42.3 Å². The number of carbonyl (C=O) groups is 1. The van der Waals surface area contributed by atoms with Crippen molar-refractivity contribution in [3.05, 3.63) is 34.3 Å². The molecular formula is C18H25BrN2O2. The number of rotatable bonds is 4. The molecule has 0 bridgehead atoms. The molecule has 1 aliphatic carbocycles. The molecule has 0 aromatic heterocycles. The fraction of sp³-hybridized carbons (Fsp3) is 0.611. The van der Waals surface area contributed by atoms with Gasteiger partial charge in [-0.15, -0.1) is 0 Å². The van der Waals surface area contributed by atoms with E-state index >= 15 is 0 Å². The quantitative estimate of drug-likeness (QED) is 0.751. The van der Waals surface area contributed by atoms with Gasteiger partial charge in [-0.25, -0.2) is 0 Å². The van der Waals surface area contributed by atoms with Crippen molar-refractivity contribution in [1.82, 2.24) is 10.6 Å². The van der Waals surface area contributed by atoms with Crippen LogP contribution in [-0.4, -0.2) is 36.8 Å². The first kappa shape index (κ1) is 16.9. The van der Waals surface area contributed by atoms with Gasteiger partial charge in [0, 0.05) is 30.0 Å². The number of halogens is 1. The predicted molar refractivity (Wildman–Crippen MR) is 94.3 cm³/mol. The molecule has 126 valence electrons. The molecule has 5 heteroatoms. The van der Waals surface area contributed by atoms with Gasteiger partial charge in [0.1, 0.15) is 0 Å². The maximum absolute atomic E-state index is 13.1. The molecule has 1 amide bonds. The summed E-state index contributed by atoms with van der Waals surface area (Å²) in [6, 6.07) is 8.16. The van der Waals surface area contributed by atoms with Crippen LogP contribution in [0, 0.1) is 5.92 Å². The highest BCUT2D eigenvalue weighted by molar-refractivity contribution is 9.10. The van der Waals surface area contributed by atoms with Crippen molar-refractivity contribution >= 4 is 21.8 Å². The van der Waals surface area contributed by atoms with Crippen LogP contribution in [0.3, 0.4) is 0 Å². The van der Waals surface area contributed by atoms with Crippen LogP contribution in [0.2, 0.25) is 0 Å². The zero-order chi connectivity index (χ0) is 16.3. The highest BCUT2D eigenvalue weighted by Crippen LogP contribution is 2.40.